The van der Waals surface area contributed by atoms with E-state index in [4.69, 9.17) is 23.4 Å². The van der Waals surface area contributed by atoms with Gasteiger partial charge < -0.3 is 28.5 Å². The Balaban J connectivity index is 1.82. The van der Waals surface area contributed by atoms with Crippen LogP contribution in [0.25, 0.3) is 0 Å². The van der Waals surface area contributed by atoms with Gasteiger partial charge >= 0.3 is 0 Å². The molecule has 4 rings (SSSR count). The molecule has 1 N–H and O–H groups in total. The third kappa shape index (κ3) is 4.10. The van der Waals surface area contributed by atoms with E-state index in [1.807, 2.05) is 26.0 Å². The zero-order valence-corrected chi connectivity index (χ0v) is 21.4. The number of rotatable bonds is 7. The number of hydrogen-bond acceptors (Lipinski definition) is 6. The fourth-order valence-electron chi connectivity index (χ4n) is 5.42. The molecule has 33 heavy (non-hydrogen) atoms. The van der Waals surface area contributed by atoms with Crippen LogP contribution in [0.1, 0.15) is 34.6 Å². The van der Waals surface area contributed by atoms with Crippen LogP contribution in [0.3, 0.4) is 0 Å². The normalized spacial score (nSPS) is 29.2. The highest BCUT2D eigenvalue weighted by Gasteiger charge is 2.67. The Labute approximate surface area is 197 Å². The van der Waals surface area contributed by atoms with E-state index in [2.05, 4.69) is 69.3 Å². The molecule has 180 valence electrons. The van der Waals surface area contributed by atoms with Crippen LogP contribution in [0.2, 0.25) is 5.04 Å². The van der Waals surface area contributed by atoms with Crippen LogP contribution in [0.5, 0.6) is 0 Å². The Bertz CT molecular complexity index is 889. The molecule has 0 aliphatic carbocycles. The van der Waals surface area contributed by atoms with Crippen molar-refractivity contribution >= 4 is 18.7 Å². The number of hydrogen-bond donors (Lipinski definition) is 1. The maximum Gasteiger partial charge on any atom is 0.261 e. The van der Waals surface area contributed by atoms with Crippen LogP contribution in [0, 0.1) is 0 Å². The SMILES string of the molecule is COC1O[C@H](CO)[C@@H]2OC(C)(C)O[C@]12CO[Si](c1ccccc1)(c1ccccc1)C(C)(C)C. The van der Waals surface area contributed by atoms with Crippen molar-refractivity contribution in [2.24, 2.45) is 0 Å². The van der Waals surface area contributed by atoms with E-state index < -0.39 is 38.2 Å². The summed E-state index contributed by atoms with van der Waals surface area (Å²) in [6.45, 7) is 10.5. The first-order valence-corrected chi connectivity index (χ1v) is 13.4. The Hall–Kier alpha value is -1.58. The van der Waals surface area contributed by atoms with Crippen LogP contribution in [0.4, 0.5) is 0 Å². The quantitative estimate of drug-likeness (QED) is 0.625. The molecular weight excluding hydrogens is 436 g/mol. The first-order valence-electron chi connectivity index (χ1n) is 11.5. The van der Waals surface area contributed by atoms with Crippen molar-refractivity contribution in [3.63, 3.8) is 0 Å². The molecule has 0 saturated carbocycles. The fourth-order valence-corrected chi connectivity index (χ4v) is 10.0. The summed E-state index contributed by atoms with van der Waals surface area (Å²) in [5.74, 6) is -0.854. The average Bonchev–Trinajstić information content (AvgIpc) is 3.22. The molecule has 2 saturated heterocycles. The van der Waals surface area contributed by atoms with Crippen molar-refractivity contribution in [1.29, 1.82) is 0 Å². The predicted molar refractivity (Wildman–Crippen MR) is 129 cm³/mol. The van der Waals surface area contributed by atoms with E-state index in [0.29, 0.717) is 0 Å². The van der Waals surface area contributed by atoms with Crippen LogP contribution in [-0.4, -0.2) is 63.6 Å². The summed E-state index contributed by atoms with van der Waals surface area (Å²) in [7, 11) is -1.23. The highest BCUT2D eigenvalue weighted by atomic mass is 28.4. The van der Waals surface area contributed by atoms with Crippen LogP contribution in [-0.2, 0) is 23.4 Å². The van der Waals surface area contributed by atoms with Gasteiger partial charge in [-0.25, -0.2) is 0 Å². The number of ether oxygens (including phenoxy) is 4. The molecule has 6 nitrogen and oxygen atoms in total. The highest BCUT2D eigenvalue weighted by Crippen LogP contribution is 2.48. The van der Waals surface area contributed by atoms with Crippen molar-refractivity contribution in [2.75, 3.05) is 20.3 Å². The van der Waals surface area contributed by atoms with Gasteiger partial charge in [0.1, 0.15) is 12.2 Å². The van der Waals surface area contributed by atoms with Crippen LogP contribution < -0.4 is 10.4 Å². The van der Waals surface area contributed by atoms with Gasteiger partial charge in [0.2, 0.25) is 0 Å². The van der Waals surface area contributed by atoms with Crippen LogP contribution in [0.15, 0.2) is 60.7 Å². The van der Waals surface area contributed by atoms with E-state index >= 15 is 0 Å². The Morgan fingerprint density at radius 3 is 1.97 bits per heavy atom. The predicted octanol–water partition coefficient (Wildman–Crippen LogP) is 2.82. The maximum atomic E-state index is 9.98. The average molecular weight is 473 g/mol. The van der Waals surface area contributed by atoms with Gasteiger partial charge in [-0.15, -0.1) is 0 Å². The number of aliphatic hydroxyl groups is 1. The highest BCUT2D eigenvalue weighted by molar-refractivity contribution is 6.99. The van der Waals surface area contributed by atoms with E-state index in [9.17, 15) is 5.11 Å². The molecule has 0 aromatic heterocycles. The third-order valence-corrected chi connectivity index (χ3v) is 11.7. The topological polar surface area (TPSA) is 66.4 Å². The molecule has 7 heteroatoms. The van der Waals surface area contributed by atoms with Crippen molar-refractivity contribution in [3.05, 3.63) is 60.7 Å². The van der Waals surface area contributed by atoms with Gasteiger partial charge in [-0.1, -0.05) is 81.4 Å². The molecule has 2 heterocycles. The van der Waals surface area contributed by atoms with Gasteiger partial charge in [0, 0.05) is 7.11 Å². The minimum absolute atomic E-state index is 0.185. The molecule has 2 aliphatic rings. The standard InChI is InChI=1S/C26H36O6Si/c1-24(2,3)33(19-13-9-7-10-14-19,20-15-11-8-12-16-20)29-18-26-22(31-25(4,5)32-26)21(17-27)30-23(26)28-6/h7-16,21-23,27H,17-18H2,1-6H3/t21-,22+,23?,26+/m1/s1. The van der Waals surface area contributed by atoms with Crippen molar-refractivity contribution in [3.8, 4) is 0 Å². The summed E-state index contributed by atoms with van der Waals surface area (Å²) in [6, 6.07) is 20.9. The summed E-state index contributed by atoms with van der Waals surface area (Å²) in [4.78, 5) is 0. The minimum Gasteiger partial charge on any atom is -0.404 e. The number of fused-ring (bicyclic) bond motifs is 1. The molecule has 2 aromatic rings. The second-order valence-electron chi connectivity index (χ2n) is 10.4. The number of benzene rings is 2. The van der Waals surface area contributed by atoms with Gasteiger partial charge in [0.15, 0.2) is 17.7 Å². The van der Waals surface area contributed by atoms with Crippen molar-refractivity contribution in [2.45, 2.75) is 69.5 Å². The van der Waals surface area contributed by atoms with Gasteiger partial charge in [-0.05, 0) is 29.3 Å². The second kappa shape index (κ2) is 8.89. The molecule has 0 spiro atoms. The zero-order chi connectivity index (χ0) is 23.9. The lowest BCUT2D eigenvalue weighted by atomic mass is 9.96. The third-order valence-electron chi connectivity index (χ3n) is 6.69. The first-order chi connectivity index (χ1) is 15.6. The summed E-state index contributed by atoms with van der Waals surface area (Å²) in [5.41, 5.74) is -1.00. The summed E-state index contributed by atoms with van der Waals surface area (Å²) < 4.78 is 31.6. The molecule has 2 fully saturated rings. The Morgan fingerprint density at radius 2 is 1.52 bits per heavy atom. The summed E-state index contributed by atoms with van der Waals surface area (Å²) >= 11 is 0. The second-order valence-corrected chi connectivity index (χ2v) is 14.7. The van der Waals surface area contributed by atoms with Gasteiger partial charge in [-0.3, -0.25) is 0 Å². The molecule has 0 radical (unpaired) electrons. The first kappa shape index (κ1) is 24.5. The number of methoxy groups -OCH3 is 1. The van der Waals surface area contributed by atoms with Crippen LogP contribution >= 0.6 is 0 Å². The molecule has 1 unspecified atom stereocenters. The molecule has 2 aromatic carbocycles. The zero-order valence-electron chi connectivity index (χ0n) is 20.4. The molecule has 2 aliphatic heterocycles. The molecule has 4 atom stereocenters. The van der Waals surface area contributed by atoms with E-state index in [0.717, 1.165) is 0 Å². The Morgan fingerprint density at radius 1 is 0.970 bits per heavy atom. The minimum atomic E-state index is -2.81. The lowest BCUT2D eigenvalue weighted by Crippen LogP contribution is -2.68. The molecule has 0 amide bonds. The lowest BCUT2D eigenvalue weighted by Gasteiger charge is -2.45. The monoisotopic (exact) mass is 472 g/mol. The van der Waals surface area contributed by atoms with Gasteiger partial charge in [-0.2, -0.15) is 0 Å². The van der Waals surface area contributed by atoms with E-state index in [1.54, 1.807) is 7.11 Å². The van der Waals surface area contributed by atoms with E-state index in [-0.39, 0.29) is 18.3 Å². The lowest BCUT2D eigenvalue weighted by molar-refractivity contribution is -0.260. The molecular formula is C26H36O6Si. The Kier molecular flexibility index (Phi) is 6.61. The molecule has 0 bridgehead atoms. The van der Waals surface area contributed by atoms with Gasteiger partial charge in [0.05, 0.1) is 13.2 Å². The maximum absolute atomic E-state index is 9.98. The smallest absolute Gasteiger partial charge is 0.261 e. The number of aliphatic hydroxyl groups excluding tert-OH is 1. The summed E-state index contributed by atoms with van der Waals surface area (Å²) in [6.07, 6.45) is -1.79. The fraction of sp³-hybridized carbons (Fsp3) is 0.538. The van der Waals surface area contributed by atoms with Crippen molar-refractivity contribution in [1.82, 2.24) is 0 Å². The van der Waals surface area contributed by atoms with E-state index in [1.165, 1.54) is 10.4 Å². The van der Waals surface area contributed by atoms with Crippen molar-refractivity contribution < 1.29 is 28.5 Å². The largest absolute Gasteiger partial charge is 0.404 e. The summed E-state index contributed by atoms with van der Waals surface area (Å²) in [5, 5.41) is 12.2. The van der Waals surface area contributed by atoms with Gasteiger partial charge in [0.25, 0.3) is 8.32 Å².